The summed E-state index contributed by atoms with van der Waals surface area (Å²) < 4.78 is 5.65. The maximum Gasteiger partial charge on any atom is 0.276 e. The van der Waals surface area contributed by atoms with E-state index in [1.54, 1.807) is 19.1 Å². The number of nitrogens with zero attached hydrogens (tertiary/aromatic N) is 1. The molecule has 0 heterocycles. The third kappa shape index (κ3) is 3.70. The van der Waals surface area contributed by atoms with Gasteiger partial charge in [-0.15, -0.1) is 0 Å². The van der Waals surface area contributed by atoms with Gasteiger partial charge in [0.15, 0.2) is 0 Å². The van der Waals surface area contributed by atoms with Crippen LogP contribution in [-0.4, -0.2) is 16.9 Å². The molecule has 0 N–H and O–H groups in total. The number of benzene rings is 1. The molecular weight excluding hydrogens is 286 g/mol. The number of nitro benzene ring substituents is 1. The van der Waals surface area contributed by atoms with Crippen LogP contribution in [0, 0.1) is 22.5 Å². The Kier molecular flexibility index (Phi) is 4.51. The zero-order chi connectivity index (χ0) is 13.1. The van der Waals surface area contributed by atoms with E-state index < -0.39 is 4.92 Å². The first kappa shape index (κ1) is 14.0. The number of rotatable bonds is 5. The highest BCUT2D eigenvalue weighted by Gasteiger charge is 2.19. The topological polar surface area (TPSA) is 52.4 Å². The summed E-state index contributed by atoms with van der Waals surface area (Å²) in [5, 5.41) is 11.6. The van der Waals surface area contributed by atoms with E-state index in [4.69, 9.17) is 4.74 Å². The first-order chi connectivity index (χ1) is 7.87. The molecule has 0 aromatic heterocycles. The van der Waals surface area contributed by atoms with E-state index in [1.807, 2.05) is 0 Å². The Morgan fingerprint density at radius 1 is 1.47 bits per heavy atom. The number of alkyl halides is 1. The number of hydrogen-bond donors (Lipinski definition) is 0. The van der Waals surface area contributed by atoms with E-state index in [9.17, 15) is 10.1 Å². The minimum atomic E-state index is -0.391. The Labute approximate surface area is 109 Å². The van der Waals surface area contributed by atoms with Crippen LogP contribution in [-0.2, 0) is 0 Å². The van der Waals surface area contributed by atoms with Gasteiger partial charge >= 0.3 is 0 Å². The van der Waals surface area contributed by atoms with Crippen molar-refractivity contribution in [3.63, 3.8) is 0 Å². The quantitative estimate of drug-likeness (QED) is 0.473. The van der Waals surface area contributed by atoms with Gasteiger partial charge in [0.05, 0.1) is 17.1 Å². The van der Waals surface area contributed by atoms with E-state index >= 15 is 0 Å². The van der Waals surface area contributed by atoms with Gasteiger partial charge in [0.2, 0.25) is 0 Å². The molecule has 4 nitrogen and oxygen atoms in total. The van der Waals surface area contributed by atoms with E-state index in [0.29, 0.717) is 17.9 Å². The van der Waals surface area contributed by atoms with Gasteiger partial charge in [-0.2, -0.15) is 0 Å². The average molecular weight is 302 g/mol. The van der Waals surface area contributed by atoms with Gasteiger partial charge in [-0.05, 0) is 13.0 Å². The summed E-state index contributed by atoms with van der Waals surface area (Å²) in [6.45, 7) is 6.34. The van der Waals surface area contributed by atoms with Crippen LogP contribution in [0.1, 0.15) is 19.4 Å². The van der Waals surface area contributed by atoms with Gasteiger partial charge in [0, 0.05) is 16.8 Å². The van der Waals surface area contributed by atoms with Crippen molar-refractivity contribution in [2.75, 3.05) is 11.9 Å². The Bertz CT molecular complexity index is 418. The Hall–Kier alpha value is -1.10. The van der Waals surface area contributed by atoms with Crippen LogP contribution in [0.25, 0.3) is 0 Å². The van der Waals surface area contributed by atoms with Gasteiger partial charge in [0.1, 0.15) is 5.75 Å². The molecule has 0 unspecified atom stereocenters. The largest absolute Gasteiger partial charge is 0.492 e. The predicted octanol–water partition coefficient (Wildman–Crippen LogP) is 3.70. The fourth-order valence-electron chi connectivity index (χ4n) is 1.27. The smallest absolute Gasteiger partial charge is 0.276 e. The lowest BCUT2D eigenvalue weighted by Crippen LogP contribution is -2.23. The highest BCUT2D eigenvalue weighted by Crippen LogP contribution is 2.28. The second kappa shape index (κ2) is 5.49. The summed E-state index contributed by atoms with van der Waals surface area (Å²) in [4.78, 5) is 10.4. The van der Waals surface area contributed by atoms with Crippen molar-refractivity contribution < 1.29 is 9.66 Å². The van der Waals surface area contributed by atoms with Gasteiger partial charge < -0.3 is 4.74 Å². The minimum Gasteiger partial charge on any atom is -0.492 e. The number of ether oxygens (including phenoxy) is 1. The lowest BCUT2D eigenvalue weighted by Gasteiger charge is -2.22. The molecule has 1 rings (SSSR count). The number of nitro groups is 1. The molecule has 94 valence electrons. The summed E-state index contributed by atoms with van der Waals surface area (Å²) in [7, 11) is 0. The summed E-state index contributed by atoms with van der Waals surface area (Å²) in [5.74, 6) is 0.577. The van der Waals surface area contributed by atoms with E-state index in [2.05, 4.69) is 29.8 Å². The number of halogens is 1. The third-order valence-corrected chi connectivity index (χ3v) is 3.95. The summed E-state index contributed by atoms with van der Waals surface area (Å²) in [5.41, 5.74) is 0.666. The molecule has 0 bridgehead atoms. The molecule has 0 spiro atoms. The first-order valence-corrected chi connectivity index (χ1v) is 6.42. The van der Waals surface area contributed by atoms with Crippen molar-refractivity contribution in [3.8, 4) is 5.75 Å². The molecule has 17 heavy (non-hydrogen) atoms. The first-order valence-electron chi connectivity index (χ1n) is 5.30. The van der Waals surface area contributed by atoms with Gasteiger partial charge in [-0.3, -0.25) is 10.1 Å². The van der Waals surface area contributed by atoms with Gasteiger partial charge in [0.25, 0.3) is 5.69 Å². The Morgan fingerprint density at radius 2 is 2.12 bits per heavy atom. The van der Waals surface area contributed by atoms with E-state index in [0.717, 1.165) is 5.33 Å². The van der Waals surface area contributed by atoms with Crippen molar-refractivity contribution >= 4 is 21.6 Å². The zero-order valence-electron chi connectivity index (χ0n) is 10.2. The van der Waals surface area contributed by atoms with Crippen molar-refractivity contribution in [1.29, 1.82) is 0 Å². The van der Waals surface area contributed by atoms with Crippen LogP contribution >= 0.6 is 15.9 Å². The second-order valence-corrected chi connectivity index (χ2v) is 5.30. The fourth-order valence-corrected chi connectivity index (χ4v) is 1.43. The number of hydrogen-bond acceptors (Lipinski definition) is 3. The average Bonchev–Trinajstić information content (AvgIpc) is 2.27. The fraction of sp³-hybridized carbons (Fsp3) is 0.500. The van der Waals surface area contributed by atoms with Crippen LogP contribution in [0.5, 0.6) is 5.75 Å². The SMILES string of the molecule is Cc1c(OCC(C)(C)CBr)cccc1[N+](=O)[O-]. The lowest BCUT2D eigenvalue weighted by atomic mass is 9.98. The molecule has 1 aromatic rings. The van der Waals surface area contributed by atoms with Crippen LogP contribution in [0.4, 0.5) is 5.69 Å². The molecule has 0 amide bonds. The normalized spacial score (nSPS) is 11.3. The molecule has 0 fully saturated rings. The Balaban J connectivity index is 2.86. The molecule has 0 radical (unpaired) electrons. The lowest BCUT2D eigenvalue weighted by molar-refractivity contribution is -0.385. The molecule has 0 atom stereocenters. The van der Waals surface area contributed by atoms with E-state index in [1.165, 1.54) is 6.07 Å². The second-order valence-electron chi connectivity index (χ2n) is 4.74. The summed E-state index contributed by atoms with van der Waals surface area (Å²) in [6.07, 6.45) is 0. The van der Waals surface area contributed by atoms with Crippen LogP contribution in [0.2, 0.25) is 0 Å². The standard InChI is InChI=1S/C12H16BrNO3/c1-9-10(14(15)16)5-4-6-11(9)17-8-12(2,3)7-13/h4-6H,7-8H2,1-3H3. The van der Waals surface area contributed by atoms with Crippen molar-refractivity contribution in [2.24, 2.45) is 5.41 Å². The molecule has 0 saturated heterocycles. The summed E-state index contributed by atoms with van der Waals surface area (Å²) >= 11 is 3.41. The van der Waals surface area contributed by atoms with E-state index in [-0.39, 0.29) is 11.1 Å². The zero-order valence-corrected chi connectivity index (χ0v) is 11.8. The molecule has 0 aliphatic heterocycles. The van der Waals surface area contributed by atoms with Crippen LogP contribution < -0.4 is 4.74 Å². The minimum absolute atomic E-state index is 0.00292. The maximum absolute atomic E-state index is 10.8. The molecular formula is C12H16BrNO3. The molecule has 0 aliphatic carbocycles. The summed E-state index contributed by atoms with van der Waals surface area (Å²) in [6, 6.07) is 4.88. The van der Waals surface area contributed by atoms with Crippen molar-refractivity contribution in [2.45, 2.75) is 20.8 Å². The van der Waals surface area contributed by atoms with Crippen molar-refractivity contribution in [3.05, 3.63) is 33.9 Å². The highest BCUT2D eigenvalue weighted by atomic mass is 79.9. The monoisotopic (exact) mass is 301 g/mol. The van der Waals surface area contributed by atoms with Crippen LogP contribution in [0.15, 0.2) is 18.2 Å². The molecule has 1 aromatic carbocycles. The van der Waals surface area contributed by atoms with Crippen LogP contribution in [0.3, 0.4) is 0 Å². The molecule has 0 aliphatic rings. The van der Waals surface area contributed by atoms with Gasteiger partial charge in [-0.1, -0.05) is 35.8 Å². The third-order valence-electron chi connectivity index (χ3n) is 2.43. The predicted molar refractivity (Wildman–Crippen MR) is 70.9 cm³/mol. The maximum atomic E-state index is 10.8. The highest BCUT2D eigenvalue weighted by molar-refractivity contribution is 9.09. The Morgan fingerprint density at radius 3 is 2.65 bits per heavy atom. The van der Waals surface area contributed by atoms with Gasteiger partial charge in [-0.25, -0.2) is 0 Å². The molecule has 5 heteroatoms. The van der Waals surface area contributed by atoms with Crippen molar-refractivity contribution in [1.82, 2.24) is 0 Å². The molecule has 0 saturated carbocycles.